The fourth-order valence-corrected chi connectivity index (χ4v) is 2.57. The number of aromatic nitrogens is 1. The van der Waals surface area contributed by atoms with Gasteiger partial charge < -0.3 is 9.29 Å². The van der Waals surface area contributed by atoms with Crippen molar-refractivity contribution in [2.45, 2.75) is 18.5 Å². The number of ether oxygens (including phenoxy) is 1. The SMILES string of the molecule is CC[n+]1c(SC)ccc2cc(OC)ccc21.COS(=O)(=O)[O-]. The number of fused-ring (bicyclic) bond motifs is 1. The van der Waals surface area contributed by atoms with E-state index in [4.69, 9.17) is 4.74 Å². The summed E-state index contributed by atoms with van der Waals surface area (Å²) in [7, 11) is -1.90. The predicted molar refractivity (Wildman–Crippen MR) is 84.9 cm³/mol. The number of thioether (sulfide) groups is 1. The van der Waals surface area contributed by atoms with Gasteiger partial charge in [0.2, 0.25) is 20.9 Å². The monoisotopic (exact) mass is 345 g/mol. The van der Waals surface area contributed by atoms with Gasteiger partial charge >= 0.3 is 0 Å². The van der Waals surface area contributed by atoms with E-state index in [1.165, 1.54) is 15.9 Å². The first-order chi connectivity index (χ1) is 10.4. The van der Waals surface area contributed by atoms with E-state index in [1.54, 1.807) is 18.9 Å². The molecule has 8 heteroatoms. The minimum absolute atomic E-state index is 0.808. The van der Waals surface area contributed by atoms with Crippen LogP contribution in [0.4, 0.5) is 0 Å². The number of nitrogens with zero attached hydrogens (tertiary/aromatic N) is 1. The van der Waals surface area contributed by atoms with Crippen molar-refractivity contribution < 1.29 is 26.5 Å². The molecule has 0 saturated heterocycles. The van der Waals surface area contributed by atoms with Crippen molar-refractivity contribution >= 4 is 33.1 Å². The molecule has 0 aliphatic heterocycles. The van der Waals surface area contributed by atoms with Gasteiger partial charge in [-0.2, -0.15) is 4.57 Å². The molecule has 1 heterocycles. The van der Waals surface area contributed by atoms with Crippen molar-refractivity contribution in [1.29, 1.82) is 0 Å². The molecule has 0 radical (unpaired) electrons. The zero-order chi connectivity index (χ0) is 16.8. The van der Waals surface area contributed by atoms with Crippen LogP contribution in [0.1, 0.15) is 6.92 Å². The van der Waals surface area contributed by atoms with Crippen LogP contribution >= 0.6 is 11.8 Å². The summed E-state index contributed by atoms with van der Waals surface area (Å²) < 4.78 is 38.6. The second-order valence-corrected chi connectivity index (χ2v) is 6.10. The van der Waals surface area contributed by atoms with Crippen LogP contribution in [0.25, 0.3) is 10.9 Å². The first kappa shape index (κ1) is 18.7. The van der Waals surface area contributed by atoms with Crippen LogP contribution < -0.4 is 9.30 Å². The third kappa shape index (κ3) is 5.13. The van der Waals surface area contributed by atoms with Crippen molar-refractivity contribution in [1.82, 2.24) is 0 Å². The van der Waals surface area contributed by atoms with Gasteiger partial charge in [-0.25, -0.2) is 8.42 Å². The summed E-state index contributed by atoms with van der Waals surface area (Å²) >= 11 is 1.78. The van der Waals surface area contributed by atoms with Crippen LogP contribution in [0.2, 0.25) is 0 Å². The highest BCUT2D eigenvalue weighted by Gasteiger charge is 2.13. The summed E-state index contributed by atoms with van der Waals surface area (Å²) in [6.45, 7) is 3.16. The van der Waals surface area contributed by atoms with Gasteiger partial charge in [-0.05, 0) is 31.4 Å². The van der Waals surface area contributed by atoms with Gasteiger partial charge in [0.1, 0.15) is 12.3 Å². The molecule has 22 heavy (non-hydrogen) atoms. The zero-order valence-electron chi connectivity index (χ0n) is 12.9. The van der Waals surface area contributed by atoms with Gasteiger partial charge in [-0.15, -0.1) is 0 Å². The molecule has 0 N–H and O–H groups in total. The second-order valence-electron chi connectivity index (χ2n) is 4.12. The van der Waals surface area contributed by atoms with E-state index >= 15 is 0 Å². The lowest BCUT2D eigenvalue weighted by atomic mass is 10.2. The lowest BCUT2D eigenvalue weighted by Crippen LogP contribution is -2.35. The van der Waals surface area contributed by atoms with Gasteiger partial charge in [0.25, 0.3) is 0 Å². The third-order valence-electron chi connectivity index (χ3n) is 2.93. The largest absolute Gasteiger partial charge is 0.726 e. The molecule has 0 unspecified atom stereocenters. The molecule has 0 aliphatic rings. The van der Waals surface area contributed by atoms with Crippen LogP contribution in [0.15, 0.2) is 35.4 Å². The fourth-order valence-electron chi connectivity index (χ4n) is 1.91. The number of methoxy groups -OCH3 is 1. The maximum atomic E-state index is 9.22. The maximum Gasteiger partial charge on any atom is 0.240 e. The lowest BCUT2D eigenvalue weighted by Gasteiger charge is -2.05. The standard InChI is InChI=1S/C13H16NOS.CH4O4S/c1-4-14-12-7-6-11(15-2)9-10(12)5-8-13(14)16-3;1-5-6(2,3)4/h5-9H,4H2,1-3H3;1H3,(H,2,3,4)/q+1;/p-1. The summed E-state index contributed by atoms with van der Waals surface area (Å²) in [6.07, 6.45) is 2.11. The van der Waals surface area contributed by atoms with E-state index in [2.05, 4.69) is 46.2 Å². The number of benzene rings is 1. The van der Waals surface area contributed by atoms with Gasteiger partial charge in [0.15, 0.2) is 0 Å². The number of hydrogen-bond acceptors (Lipinski definition) is 6. The van der Waals surface area contributed by atoms with Crippen LogP contribution in [-0.2, 0) is 21.1 Å². The molecular weight excluding hydrogens is 326 g/mol. The quantitative estimate of drug-likeness (QED) is 0.365. The van der Waals surface area contributed by atoms with Gasteiger partial charge in [0.05, 0.1) is 19.6 Å². The Bertz CT molecular complexity index is 731. The summed E-state index contributed by atoms with van der Waals surface area (Å²) in [5.41, 5.74) is 1.26. The Kier molecular flexibility index (Phi) is 7.08. The molecule has 6 nitrogen and oxygen atoms in total. The molecular formula is C14H19NO5S2. The average molecular weight is 345 g/mol. The Balaban J connectivity index is 0.000000346. The Morgan fingerprint density at radius 1 is 1.23 bits per heavy atom. The third-order valence-corrected chi connectivity index (χ3v) is 4.11. The molecule has 2 rings (SSSR count). The first-order valence-corrected chi connectivity index (χ1v) is 8.98. The van der Waals surface area contributed by atoms with E-state index in [0.29, 0.717) is 0 Å². The molecule has 0 fully saturated rings. The van der Waals surface area contributed by atoms with E-state index in [0.717, 1.165) is 19.4 Å². The normalized spacial score (nSPS) is 11.0. The summed E-state index contributed by atoms with van der Waals surface area (Å²) in [4.78, 5) is 0. The number of rotatable bonds is 4. The second kappa shape index (κ2) is 8.33. The number of aryl methyl sites for hydroxylation is 1. The molecule has 122 valence electrons. The summed E-state index contributed by atoms with van der Waals surface area (Å²) in [5.74, 6) is 0.909. The molecule has 0 bridgehead atoms. The number of pyridine rings is 1. The van der Waals surface area contributed by atoms with E-state index in [9.17, 15) is 13.0 Å². The van der Waals surface area contributed by atoms with Gasteiger partial charge in [-0.3, -0.25) is 4.18 Å². The molecule has 1 aromatic carbocycles. The minimum atomic E-state index is -4.41. The maximum absolute atomic E-state index is 9.22. The lowest BCUT2D eigenvalue weighted by molar-refractivity contribution is -0.704. The zero-order valence-corrected chi connectivity index (χ0v) is 14.5. The van der Waals surface area contributed by atoms with Crippen molar-refractivity contribution in [3.8, 4) is 5.75 Å². The Hall–Kier alpha value is -1.35. The van der Waals surface area contributed by atoms with Crippen molar-refractivity contribution in [2.24, 2.45) is 0 Å². The first-order valence-electron chi connectivity index (χ1n) is 6.42. The smallest absolute Gasteiger partial charge is 0.240 e. The Morgan fingerprint density at radius 3 is 2.32 bits per heavy atom. The Morgan fingerprint density at radius 2 is 1.86 bits per heavy atom. The Labute approximate surface area is 135 Å². The van der Waals surface area contributed by atoms with Crippen molar-refractivity contribution in [3.05, 3.63) is 30.3 Å². The molecule has 2 aromatic rings. The number of hydrogen-bond donors (Lipinski definition) is 0. The molecule has 0 saturated carbocycles. The highest BCUT2D eigenvalue weighted by Crippen LogP contribution is 2.21. The molecule has 0 amide bonds. The van der Waals surface area contributed by atoms with E-state index < -0.39 is 10.4 Å². The van der Waals surface area contributed by atoms with Crippen molar-refractivity contribution in [3.63, 3.8) is 0 Å². The van der Waals surface area contributed by atoms with E-state index in [-0.39, 0.29) is 0 Å². The highest BCUT2D eigenvalue weighted by molar-refractivity contribution is 7.98. The fraction of sp³-hybridized carbons (Fsp3) is 0.357. The minimum Gasteiger partial charge on any atom is -0.726 e. The predicted octanol–water partition coefficient (Wildman–Crippen LogP) is 1.97. The molecule has 0 atom stereocenters. The average Bonchev–Trinajstić information content (AvgIpc) is 2.52. The summed E-state index contributed by atoms with van der Waals surface area (Å²) in [5, 5.41) is 2.51. The summed E-state index contributed by atoms with van der Waals surface area (Å²) in [6, 6.07) is 10.5. The van der Waals surface area contributed by atoms with Gasteiger partial charge in [0, 0.05) is 12.1 Å². The highest BCUT2D eigenvalue weighted by atomic mass is 32.3. The van der Waals surface area contributed by atoms with Crippen LogP contribution in [-0.4, -0.2) is 33.4 Å². The molecule has 0 aliphatic carbocycles. The van der Waals surface area contributed by atoms with Crippen LogP contribution in [0.5, 0.6) is 5.75 Å². The van der Waals surface area contributed by atoms with E-state index in [1.807, 2.05) is 6.07 Å². The topological polar surface area (TPSA) is 79.5 Å². The van der Waals surface area contributed by atoms with Crippen LogP contribution in [0.3, 0.4) is 0 Å². The van der Waals surface area contributed by atoms with Crippen LogP contribution in [0, 0.1) is 0 Å². The van der Waals surface area contributed by atoms with Gasteiger partial charge in [-0.1, -0.05) is 11.8 Å². The molecule has 0 spiro atoms. The van der Waals surface area contributed by atoms with Crippen molar-refractivity contribution in [2.75, 3.05) is 20.5 Å². The molecule has 1 aromatic heterocycles.